The molecule has 1 amide bonds. The van der Waals surface area contributed by atoms with Crippen molar-refractivity contribution < 1.29 is 18.7 Å². The second kappa shape index (κ2) is 11.3. The Morgan fingerprint density at radius 3 is 2.35 bits per heavy atom. The van der Waals surface area contributed by atoms with Crippen molar-refractivity contribution in [1.82, 2.24) is 9.97 Å². The molecule has 0 aliphatic heterocycles. The average Bonchev–Trinajstić information content (AvgIpc) is 2.73. The first-order valence-electron chi connectivity index (χ1n) is 11.5. The summed E-state index contributed by atoms with van der Waals surface area (Å²) in [5.41, 5.74) is 7.24. The van der Waals surface area contributed by atoms with Crippen LogP contribution in [0.4, 0.5) is 21.7 Å². The van der Waals surface area contributed by atoms with Gasteiger partial charge in [-0.1, -0.05) is 20.3 Å². The fraction of sp³-hybridized carbons (Fsp3) is 0.520. The molecule has 2 aromatic heterocycles. The molecule has 9 heteroatoms. The van der Waals surface area contributed by atoms with Crippen LogP contribution in [-0.2, 0) is 9.53 Å². The van der Waals surface area contributed by atoms with Crippen LogP contribution in [0.3, 0.4) is 0 Å². The van der Waals surface area contributed by atoms with Gasteiger partial charge in [0.2, 0.25) is 0 Å². The van der Waals surface area contributed by atoms with Crippen LogP contribution in [0.5, 0.6) is 0 Å². The van der Waals surface area contributed by atoms with E-state index < -0.39 is 17.3 Å². The maximum absolute atomic E-state index is 14.9. The van der Waals surface area contributed by atoms with Gasteiger partial charge in [0.1, 0.15) is 11.4 Å². The van der Waals surface area contributed by atoms with Gasteiger partial charge in [-0.15, -0.1) is 0 Å². The fourth-order valence-electron chi connectivity index (χ4n) is 3.62. The number of aromatic nitrogens is 2. The molecule has 8 nitrogen and oxygen atoms in total. The van der Waals surface area contributed by atoms with Gasteiger partial charge in [-0.2, -0.15) is 0 Å². The first kappa shape index (κ1) is 27.0. The lowest BCUT2D eigenvalue weighted by molar-refractivity contribution is -0.156. The molecular formula is C25H36FN5O3. The molecule has 0 bridgehead atoms. The summed E-state index contributed by atoms with van der Waals surface area (Å²) < 4.78 is 20.4. The Bertz CT molecular complexity index is 1040. The summed E-state index contributed by atoms with van der Waals surface area (Å²) in [4.78, 5) is 33.0. The first-order valence-corrected chi connectivity index (χ1v) is 11.5. The number of rotatable bonds is 10. The highest BCUT2D eigenvalue weighted by molar-refractivity contribution is 5.98. The average molecular weight is 474 g/mol. The van der Waals surface area contributed by atoms with Crippen molar-refractivity contribution in [2.24, 2.45) is 11.7 Å². The lowest BCUT2D eigenvalue weighted by atomic mass is 9.91. The molecule has 186 valence electrons. The number of aryl methyl sites for hydroxylation is 2. The Morgan fingerprint density at radius 2 is 1.82 bits per heavy atom. The molecule has 0 saturated carbocycles. The highest BCUT2D eigenvalue weighted by Crippen LogP contribution is 2.27. The van der Waals surface area contributed by atoms with Gasteiger partial charge in [-0.3, -0.25) is 14.6 Å². The fourth-order valence-corrected chi connectivity index (χ4v) is 3.62. The number of hydrogen-bond donors (Lipinski definition) is 3. The van der Waals surface area contributed by atoms with E-state index in [9.17, 15) is 14.0 Å². The topological polar surface area (TPSA) is 119 Å². The Hall–Kier alpha value is -3.23. The Kier molecular flexibility index (Phi) is 8.95. The van der Waals surface area contributed by atoms with Crippen molar-refractivity contribution in [2.75, 3.05) is 10.6 Å². The number of ether oxygens (including phenoxy) is 1. The molecule has 0 aliphatic carbocycles. The number of halogens is 1. The monoisotopic (exact) mass is 473 g/mol. The van der Waals surface area contributed by atoms with Crippen molar-refractivity contribution in [3.63, 3.8) is 0 Å². The Labute approximate surface area is 200 Å². The van der Waals surface area contributed by atoms with Crippen LogP contribution in [0.2, 0.25) is 0 Å². The van der Waals surface area contributed by atoms with E-state index in [0.29, 0.717) is 18.5 Å². The van der Waals surface area contributed by atoms with Crippen LogP contribution >= 0.6 is 0 Å². The third-order valence-corrected chi connectivity index (χ3v) is 5.55. The molecule has 0 aromatic carbocycles. The van der Waals surface area contributed by atoms with Crippen molar-refractivity contribution in [1.29, 1.82) is 0 Å². The second-order valence-corrected chi connectivity index (χ2v) is 9.45. The molecule has 2 atom stereocenters. The van der Waals surface area contributed by atoms with E-state index >= 15 is 0 Å². The normalized spacial score (nSPS) is 13.2. The molecule has 2 aromatic rings. The van der Waals surface area contributed by atoms with Gasteiger partial charge in [-0.05, 0) is 64.7 Å². The van der Waals surface area contributed by atoms with E-state index in [-0.39, 0.29) is 41.5 Å². The molecular weight excluding hydrogens is 437 g/mol. The Balaban J connectivity index is 2.33. The van der Waals surface area contributed by atoms with E-state index in [4.69, 9.17) is 10.5 Å². The van der Waals surface area contributed by atoms with Crippen LogP contribution < -0.4 is 16.4 Å². The largest absolute Gasteiger partial charge is 0.460 e. The van der Waals surface area contributed by atoms with Crippen molar-refractivity contribution in [3.05, 3.63) is 41.0 Å². The lowest BCUT2D eigenvalue weighted by Gasteiger charge is -2.28. The summed E-state index contributed by atoms with van der Waals surface area (Å²) in [5.74, 6) is -1.82. The molecule has 0 radical (unpaired) electrons. The van der Waals surface area contributed by atoms with Gasteiger partial charge in [0.15, 0.2) is 11.6 Å². The smallest absolute Gasteiger partial charge is 0.306 e. The third kappa shape index (κ3) is 7.40. The lowest BCUT2D eigenvalue weighted by Crippen LogP contribution is -2.33. The SMILES string of the molecule is CC[C@H](CC(=O)OC(C)(C)C)[C@@H](CC)Nc1nc(Nc2cnc(C)c(C)c2)c(C(N)=O)cc1F. The number of amides is 1. The molecule has 0 aliphatic rings. The summed E-state index contributed by atoms with van der Waals surface area (Å²) >= 11 is 0. The van der Waals surface area contributed by atoms with Gasteiger partial charge in [0.05, 0.1) is 23.9 Å². The standard InChI is InChI=1S/C25H36FN5O3/c1-8-16(11-21(32)34-25(5,6)7)20(9-2)30-24-19(26)12-18(22(27)33)23(31-24)29-17-10-14(3)15(4)28-13-17/h10,12-13,16,20H,8-9,11H2,1-7H3,(H2,27,33)(H2,29,30,31)/t16-,20-/m1/s1. The molecule has 34 heavy (non-hydrogen) atoms. The van der Waals surface area contributed by atoms with E-state index in [2.05, 4.69) is 20.6 Å². The van der Waals surface area contributed by atoms with Crippen LogP contribution in [0.15, 0.2) is 18.3 Å². The summed E-state index contributed by atoms with van der Waals surface area (Å²) in [6.45, 7) is 13.2. The van der Waals surface area contributed by atoms with Crippen molar-refractivity contribution >= 4 is 29.2 Å². The molecule has 0 unspecified atom stereocenters. The predicted octanol–water partition coefficient (Wildman–Crippen LogP) is 5.02. The van der Waals surface area contributed by atoms with E-state index in [1.54, 1.807) is 6.20 Å². The van der Waals surface area contributed by atoms with Gasteiger partial charge in [0.25, 0.3) is 5.91 Å². The van der Waals surface area contributed by atoms with Crippen molar-refractivity contribution in [3.8, 4) is 0 Å². The number of nitrogens with two attached hydrogens (primary N) is 1. The maximum Gasteiger partial charge on any atom is 0.306 e. The number of anilines is 3. The second-order valence-electron chi connectivity index (χ2n) is 9.45. The van der Waals surface area contributed by atoms with Crippen LogP contribution in [0, 0.1) is 25.6 Å². The number of carbonyl (C=O) groups is 2. The van der Waals surface area contributed by atoms with E-state index in [1.165, 1.54) is 0 Å². The Morgan fingerprint density at radius 1 is 1.15 bits per heavy atom. The summed E-state index contributed by atoms with van der Waals surface area (Å²) in [7, 11) is 0. The van der Waals surface area contributed by atoms with Crippen LogP contribution in [0.1, 0.15) is 75.5 Å². The molecule has 4 N–H and O–H groups in total. The summed E-state index contributed by atoms with van der Waals surface area (Å²) in [5, 5.41) is 6.15. The summed E-state index contributed by atoms with van der Waals surface area (Å²) in [6, 6.07) is 2.68. The number of pyridine rings is 2. The quantitative estimate of drug-likeness (QED) is 0.414. The van der Waals surface area contributed by atoms with Gasteiger partial charge < -0.3 is 21.1 Å². The minimum absolute atomic E-state index is 0.0289. The molecule has 2 heterocycles. The number of nitrogens with zero attached hydrogens (tertiary/aromatic N) is 2. The number of esters is 1. The van der Waals surface area contributed by atoms with Gasteiger partial charge in [-0.25, -0.2) is 9.37 Å². The number of carbonyl (C=O) groups excluding carboxylic acids is 2. The minimum atomic E-state index is -0.805. The van der Waals surface area contributed by atoms with E-state index in [1.807, 2.05) is 54.5 Å². The number of nitrogens with one attached hydrogen (secondary N) is 2. The first-order chi connectivity index (χ1) is 15.8. The number of hydrogen-bond acceptors (Lipinski definition) is 7. The minimum Gasteiger partial charge on any atom is -0.460 e. The highest BCUT2D eigenvalue weighted by Gasteiger charge is 2.26. The highest BCUT2D eigenvalue weighted by atomic mass is 19.1. The predicted molar refractivity (Wildman–Crippen MR) is 132 cm³/mol. The number of primary amides is 1. The molecule has 0 fully saturated rings. The zero-order valence-corrected chi connectivity index (χ0v) is 21.1. The van der Waals surface area contributed by atoms with Crippen LogP contribution in [0.25, 0.3) is 0 Å². The van der Waals surface area contributed by atoms with Gasteiger partial charge in [0, 0.05) is 11.7 Å². The molecule has 0 saturated heterocycles. The zero-order valence-electron chi connectivity index (χ0n) is 21.1. The van der Waals surface area contributed by atoms with Gasteiger partial charge >= 0.3 is 5.97 Å². The molecule has 0 spiro atoms. The van der Waals surface area contributed by atoms with Crippen LogP contribution in [-0.4, -0.2) is 33.5 Å². The molecule has 2 rings (SSSR count). The van der Waals surface area contributed by atoms with E-state index in [0.717, 1.165) is 17.3 Å². The zero-order chi connectivity index (χ0) is 25.6. The maximum atomic E-state index is 14.9. The van der Waals surface area contributed by atoms with Crippen molar-refractivity contribution in [2.45, 2.75) is 79.4 Å². The summed E-state index contributed by atoms with van der Waals surface area (Å²) in [6.07, 6.45) is 3.11. The third-order valence-electron chi connectivity index (χ3n) is 5.55.